The van der Waals surface area contributed by atoms with Crippen molar-refractivity contribution in [3.05, 3.63) is 64.5 Å². The van der Waals surface area contributed by atoms with Gasteiger partial charge < -0.3 is 15.5 Å². The summed E-state index contributed by atoms with van der Waals surface area (Å²) in [7, 11) is 0. The van der Waals surface area contributed by atoms with Crippen molar-refractivity contribution in [1.29, 1.82) is 0 Å². The molecule has 0 bridgehead atoms. The molecule has 29 heavy (non-hydrogen) atoms. The maximum absolute atomic E-state index is 12.9. The van der Waals surface area contributed by atoms with Crippen molar-refractivity contribution in [1.82, 2.24) is 9.80 Å². The minimum Gasteiger partial charge on any atom is -0.325 e. The van der Waals surface area contributed by atoms with Crippen LogP contribution in [0.15, 0.2) is 48.5 Å². The summed E-state index contributed by atoms with van der Waals surface area (Å²) >= 11 is 0. The molecule has 3 rings (SSSR count). The number of carbonyl (C=O) groups excluding carboxylic acids is 2. The van der Waals surface area contributed by atoms with E-state index >= 15 is 0 Å². The lowest BCUT2D eigenvalue weighted by Crippen LogP contribution is -2.51. The quantitative estimate of drug-likeness (QED) is 0.591. The highest BCUT2D eigenvalue weighted by molar-refractivity contribution is 5.92. The van der Waals surface area contributed by atoms with Crippen LogP contribution in [0.1, 0.15) is 0 Å². The van der Waals surface area contributed by atoms with E-state index in [0.29, 0.717) is 37.6 Å². The van der Waals surface area contributed by atoms with Crippen molar-refractivity contribution in [3.63, 3.8) is 0 Å². The lowest BCUT2D eigenvalue weighted by atomic mass is 10.3. The van der Waals surface area contributed by atoms with Gasteiger partial charge in [-0.25, -0.2) is 9.18 Å². The molecule has 9 nitrogen and oxygen atoms in total. The van der Waals surface area contributed by atoms with E-state index in [9.17, 15) is 24.1 Å². The van der Waals surface area contributed by atoms with Gasteiger partial charge in [-0.2, -0.15) is 0 Å². The number of benzene rings is 2. The molecule has 0 unspecified atom stereocenters. The number of halogens is 1. The number of nitro benzene ring substituents is 1. The van der Waals surface area contributed by atoms with Crippen molar-refractivity contribution in [3.8, 4) is 0 Å². The fourth-order valence-corrected chi connectivity index (χ4v) is 2.91. The smallest absolute Gasteiger partial charge is 0.321 e. The van der Waals surface area contributed by atoms with Crippen molar-refractivity contribution in [2.75, 3.05) is 43.4 Å². The number of nitrogens with one attached hydrogen (secondary N) is 2. The molecule has 1 aliphatic rings. The maximum Gasteiger partial charge on any atom is 0.321 e. The van der Waals surface area contributed by atoms with Gasteiger partial charge in [-0.15, -0.1) is 0 Å². The van der Waals surface area contributed by atoms with Crippen LogP contribution in [0.2, 0.25) is 0 Å². The Bertz CT molecular complexity index is 880. The van der Waals surface area contributed by atoms with Gasteiger partial charge >= 0.3 is 6.03 Å². The topological polar surface area (TPSA) is 108 Å². The van der Waals surface area contributed by atoms with E-state index in [-0.39, 0.29) is 30.0 Å². The number of piperazine rings is 1. The monoisotopic (exact) mass is 401 g/mol. The third-order valence-corrected chi connectivity index (χ3v) is 4.48. The first-order valence-electron chi connectivity index (χ1n) is 8.99. The molecule has 2 aromatic rings. The van der Waals surface area contributed by atoms with Crippen LogP contribution in [-0.2, 0) is 4.79 Å². The first-order chi connectivity index (χ1) is 13.9. The average molecular weight is 401 g/mol. The van der Waals surface area contributed by atoms with Crippen LogP contribution in [0.25, 0.3) is 0 Å². The van der Waals surface area contributed by atoms with Crippen LogP contribution in [-0.4, -0.2) is 59.4 Å². The van der Waals surface area contributed by atoms with Gasteiger partial charge in [0.25, 0.3) is 5.69 Å². The largest absolute Gasteiger partial charge is 0.325 e. The van der Waals surface area contributed by atoms with E-state index in [1.54, 1.807) is 4.90 Å². The number of hydrogen-bond donors (Lipinski definition) is 2. The molecule has 2 N–H and O–H groups in total. The highest BCUT2D eigenvalue weighted by atomic mass is 19.1. The normalized spacial score (nSPS) is 14.3. The SMILES string of the molecule is O=C(CN1CCN(C(=O)Nc2ccc([N+](=O)[O-])cc2)CC1)Nc1ccc(F)cc1. The second kappa shape index (κ2) is 9.11. The molecule has 1 heterocycles. The Labute approximate surface area is 166 Å². The first kappa shape index (κ1) is 20.2. The van der Waals surface area contributed by atoms with Gasteiger partial charge in [0, 0.05) is 49.7 Å². The zero-order valence-electron chi connectivity index (χ0n) is 15.5. The number of anilines is 2. The Morgan fingerprint density at radius 1 is 0.931 bits per heavy atom. The second-order valence-corrected chi connectivity index (χ2v) is 6.55. The standard InChI is InChI=1S/C19H20FN5O4/c20-14-1-3-15(4-2-14)21-18(26)13-23-9-11-24(12-10-23)19(27)22-16-5-7-17(8-6-16)25(28)29/h1-8H,9-13H2,(H,21,26)(H,22,27). The highest BCUT2D eigenvalue weighted by Crippen LogP contribution is 2.16. The summed E-state index contributed by atoms with van der Waals surface area (Å²) < 4.78 is 12.9. The molecule has 1 saturated heterocycles. The third-order valence-electron chi connectivity index (χ3n) is 4.48. The van der Waals surface area contributed by atoms with E-state index in [1.165, 1.54) is 48.5 Å². The minimum atomic E-state index is -0.503. The summed E-state index contributed by atoms with van der Waals surface area (Å²) in [5.41, 5.74) is 0.953. The maximum atomic E-state index is 12.9. The number of non-ortho nitro benzene ring substituents is 1. The van der Waals surface area contributed by atoms with E-state index in [1.807, 2.05) is 4.90 Å². The van der Waals surface area contributed by atoms with E-state index in [2.05, 4.69) is 10.6 Å². The Kier molecular flexibility index (Phi) is 6.35. The minimum absolute atomic E-state index is 0.0458. The molecule has 0 aliphatic carbocycles. The van der Waals surface area contributed by atoms with Crippen LogP contribution >= 0.6 is 0 Å². The van der Waals surface area contributed by atoms with E-state index in [4.69, 9.17) is 0 Å². The number of rotatable bonds is 5. The van der Waals surface area contributed by atoms with Crippen LogP contribution in [0.3, 0.4) is 0 Å². The summed E-state index contributed by atoms with van der Waals surface area (Å²) in [5.74, 6) is -0.577. The second-order valence-electron chi connectivity index (χ2n) is 6.55. The molecule has 2 aromatic carbocycles. The molecule has 0 radical (unpaired) electrons. The Balaban J connectivity index is 1.43. The van der Waals surface area contributed by atoms with Crippen LogP contribution in [0.5, 0.6) is 0 Å². The Morgan fingerprint density at radius 3 is 2.07 bits per heavy atom. The van der Waals surface area contributed by atoms with E-state index in [0.717, 1.165) is 0 Å². The number of hydrogen-bond acceptors (Lipinski definition) is 5. The summed E-state index contributed by atoms with van der Waals surface area (Å²) in [5, 5.41) is 16.1. The average Bonchev–Trinajstić information content (AvgIpc) is 2.70. The van der Waals surface area contributed by atoms with Gasteiger partial charge in [0.05, 0.1) is 11.5 Å². The lowest BCUT2D eigenvalue weighted by molar-refractivity contribution is -0.384. The van der Waals surface area contributed by atoms with Gasteiger partial charge in [0.15, 0.2) is 0 Å². The number of amides is 3. The van der Waals surface area contributed by atoms with Crippen LogP contribution in [0.4, 0.5) is 26.2 Å². The summed E-state index contributed by atoms with van der Waals surface area (Å²) in [6.45, 7) is 2.13. The van der Waals surface area contributed by atoms with Gasteiger partial charge in [0.1, 0.15) is 5.82 Å². The summed E-state index contributed by atoms with van der Waals surface area (Å²) in [6.07, 6.45) is 0. The van der Waals surface area contributed by atoms with E-state index < -0.39 is 4.92 Å². The van der Waals surface area contributed by atoms with Gasteiger partial charge in [-0.05, 0) is 36.4 Å². The zero-order valence-corrected chi connectivity index (χ0v) is 15.5. The predicted octanol–water partition coefficient (Wildman–Crippen LogP) is 2.52. The third kappa shape index (κ3) is 5.72. The van der Waals surface area contributed by atoms with Crippen molar-refractivity contribution in [2.45, 2.75) is 0 Å². The molecule has 0 aromatic heterocycles. The molecular formula is C19H20FN5O4. The van der Waals surface area contributed by atoms with Crippen LogP contribution < -0.4 is 10.6 Å². The molecule has 10 heteroatoms. The van der Waals surface area contributed by atoms with Crippen molar-refractivity contribution in [2.24, 2.45) is 0 Å². The molecular weight excluding hydrogens is 381 g/mol. The number of nitrogens with zero attached hydrogens (tertiary/aromatic N) is 3. The van der Waals surface area contributed by atoms with Gasteiger partial charge in [0.2, 0.25) is 5.91 Å². The molecule has 3 amide bonds. The zero-order chi connectivity index (χ0) is 20.8. The molecule has 1 aliphatic heterocycles. The molecule has 0 saturated carbocycles. The lowest BCUT2D eigenvalue weighted by Gasteiger charge is -2.34. The number of carbonyl (C=O) groups is 2. The van der Waals surface area contributed by atoms with Crippen molar-refractivity contribution >= 4 is 29.0 Å². The Hall–Kier alpha value is -3.53. The van der Waals surface area contributed by atoms with Crippen LogP contribution in [0, 0.1) is 15.9 Å². The summed E-state index contributed by atoms with van der Waals surface area (Å²) in [6, 6.07) is 10.9. The molecule has 0 spiro atoms. The predicted molar refractivity (Wildman–Crippen MR) is 105 cm³/mol. The number of urea groups is 1. The fourth-order valence-electron chi connectivity index (χ4n) is 2.91. The van der Waals surface area contributed by atoms with Gasteiger partial charge in [-0.1, -0.05) is 0 Å². The molecule has 0 atom stereocenters. The van der Waals surface area contributed by atoms with Crippen molar-refractivity contribution < 1.29 is 18.9 Å². The summed E-state index contributed by atoms with van der Waals surface area (Å²) in [4.78, 5) is 38.2. The molecule has 1 fully saturated rings. The Morgan fingerprint density at radius 2 is 1.48 bits per heavy atom. The fraction of sp³-hybridized carbons (Fsp3) is 0.263. The number of nitro groups is 1. The first-order valence-corrected chi connectivity index (χ1v) is 8.99. The molecule has 152 valence electrons. The van der Waals surface area contributed by atoms with Gasteiger partial charge in [-0.3, -0.25) is 19.8 Å². The highest BCUT2D eigenvalue weighted by Gasteiger charge is 2.22.